The van der Waals surface area contributed by atoms with Crippen molar-refractivity contribution in [2.45, 2.75) is 119 Å². The molecule has 0 radical (unpaired) electrons. The summed E-state index contributed by atoms with van der Waals surface area (Å²) in [5.41, 5.74) is 2.75. The lowest BCUT2D eigenvalue weighted by atomic mass is 9.44. The number of aliphatic hydroxyl groups excluding tert-OH is 1. The van der Waals surface area contributed by atoms with Gasteiger partial charge < -0.3 is 5.11 Å². The molecule has 1 nitrogen and oxygen atoms in total. The maximum Gasteiger partial charge on any atom is 0.0543 e. The third kappa shape index (κ3) is 4.08. The van der Waals surface area contributed by atoms with Crippen LogP contribution in [0, 0.1) is 58.2 Å². The molecule has 4 saturated carbocycles. The van der Waals surface area contributed by atoms with Crippen molar-refractivity contribution >= 4 is 0 Å². The van der Waals surface area contributed by atoms with Crippen molar-refractivity contribution < 1.29 is 5.11 Å². The van der Waals surface area contributed by atoms with Gasteiger partial charge in [-0.15, -0.1) is 0 Å². The van der Waals surface area contributed by atoms with Gasteiger partial charge in [0.1, 0.15) is 0 Å². The SMILES string of the molecule is CC(C)C(=CC[C@@H](C)[C@H]1CC[C@H]2[C@@H]3CC[C@H]4C[C@@H](O)CC[C@]4(C)[C@H]3CC[C@]12C)C(C)C. The first kappa shape index (κ1) is 23.8. The zero-order valence-corrected chi connectivity index (χ0v) is 21.8. The van der Waals surface area contributed by atoms with Gasteiger partial charge >= 0.3 is 0 Å². The van der Waals surface area contributed by atoms with Crippen molar-refractivity contribution in [3.8, 4) is 0 Å². The highest BCUT2D eigenvalue weighted by atomic mass is 16.3. The molecule has 0 aliphatic heterocycles. The molecule has 0 aromatic rings. The van der Waals surface area contributed by atoms with Crippen molar-refractivity contribution in [3.05, 3.63) is 11.6 Å². The minimum absolute atomic E-state index is 0.0187. The lowest BCUT2D eigenvalue weighted by molar-refractivity contribution is -0.129. The van der Waals surface area contributed by atoms with E-state index in [0.717, 1.165) is 48.3 Å². The van der Waals surface area contributed by atoms with E-state index in [1.807, 2.05) is 0 Å². The van der Waals surface area contributed by atoms with Crippen LogP contribution in [0.4, 0.5) is 0 Å². The Kier molecular flexibility index (Phi) is 6.78. The van der Waals surface area contributed by atoms with Gasteiger partial charge in [-0.05, 0) is 122 Å². The largest absolute Gasteiger partial charge is 0.393 e. The van der Waals surface area contributed by atoms with Crippen LogP contribution in [0.25, 0.3) is 0 Å². The molecule has 0 heterocycles. The normalized spacial score (nSPS) is 45.7. The molecule has 0 spiro atoms. The minimum atomic E-state index is -0.0187. The second-order valence-electron chi connectivity index (χ2n) is 13.5. The molecule has 4 aliphatic carbocycles. The number of aliphatic hydroxyl groups is 1. The van der Waals surface area contributed by atoms with E-state index in [1.165, 1.54) is 51.4 Å². The number of hydrogen-bond acceptors (Lipinski definition) is 1. The summed E-state index contributed by atoms with van der Waals surface area (Å²) in [7, 11) is 0. The van der Waals surface area contributed by atoms with Crippen molar-refractivity contribution in [2.75, 3.05) is 0 Å². The molecule has 4 aliphatic rings. The summed E-state index contributed by atoms with van der Waals surface area (Å²) in [4.78, 5) is 0. The Bertz CT molecular complexity index is 651. The number of hydrogen-bond donors (Lipinski definition) is 1. The molecular formula is C30H52O. The highest BCUT2D eigenvalue weighted by Gasteiger charge is 2.60. The van der Waals surface area contributed by atoms with Crippen molar-refractivity contribution in [1.29, 1.82) is 0 Å². The summed E-state index contributed by atoms with van der Waals surface area (Å²) < 4.78 is 0. The van der Waals surface area contributed by atoms with Gasteiger partial charge in [-0.3, -0.25) is 0 Å². The van der Waals surface area contributed by atoms with Gasteiger partial charge in [0, 0.05) is 0 Å². The predicted octanol–water partition coefficient (Wildman–Crippen LogP) is 8.27. The van der Waals surface area contributed by atoms with Crippen LogP contribution in [0.1, 0.15) is 113 Å². The molecule has 31 heavy (non-hydrogen) atoms. The predicted molar refractivity (Wildman–Crippen MR) is 133 cm³/mol. The van der Waals surface area contributed by atoms with Gasteiger partial charge in [-0.25, -0.2) is 0 Å². The number of allylic oxidation sites excluding steroid dienone is 2. The molecule has 9 atom stereocenters. The van der Waals surface area contributed by atoms with Gasteiger partial charge in [-0.2, -0.15) is 0 Å². The Morgan fingerprint density at radius 1 is 0.839 bits per heavy atom. The van der Waals surface area contributed by atoms with Crippen LogP contribution in [-0.2, 0) is 0 Å². The van der Waals surface area contributed by atoms with E-state index in [4.69, 9.17) is 0 Å². The van der Waals surface area contributed by atoms with E-state index in [0.29, 0.717) is 22.7 Å². The first-order chi connectivity index (χ1) is 14.6. The Balaban J connectivity index is 1.49. The average molecular weight is 429 g/mol. The molecule has 1 N–H and O–H groups in total. The maximum absolute atomic E-state index is 10.3. The second-order valence-corrected chi connectivity index (χ2v) is 13.5. The monoisotopic (exact) mass is 428 g/mol. The third-order valence-electron chi connectivity index (χ3n) is 11.5. The van der Waals surface area contributed by atoms with Gasteiger partial charge in [0.25, 0.3) is 0 Å². The van der Waals surface area contributed by atoms with Crippen LogP contribution in [-0.4, -0.2) is 11.2 Å². The first-order valence-electron chi connectivity index (χ1n) is 14.0. The summed E-state index contributed by atoms with van der Waals surface area (Å²) >= 11 is 0. The minimum Gasteiger partial charge on any atom is -0.393 e. The van der Waals surface area contributed by atoms with E-state index >= 15 is 0 Å². The van der Waals surface area contributed by atoms with Gasteiger partial charge in [0.05, 0.1) is 6.10 Å². The third-order valence-corrected chi connectivity index (χ3v) is 11.5. The Morgan fingerprint density at radius 3 is 2.16 bits per heavy atom. The van der Waals surface area contributed by atoms with Crippen molar-refractivity contribution in [1.82, 2.24) is 0 Å². The van der Waals surface area contributed by atoms with Crippen LogP contribution in [0.5, 0.6) is 0 Å². The van der Waals surface area contributed by atoms with E-state index < -0.39 is 0 Å². The molecule has 0 saturated heterocycles. The van der Waals surface area contributed by atoms with E-state index in [-0.39, 0.29) is 6.10 Å². The Hall–Kier alpha value is -0.300. The summed E-state index contributed by atoms with van der Waals surface area (Å²) in [6, 6.07) is 0. The van der Waals surface area contributed by atoms with Crippen LogP contribution in [0.2, 0.25) is 0 Å². The summed E-state index contributed by atoms with van der Waals surface area (Å²) in [5, 5.41) is 10.3. The van der Waals surface area contributed by atoms with Gasteiger partial charge in [-0.1, -0.05) is 60.1 Å². The lowest BCUT2D eigenvalue weighted by Crippen LogP contribution is -2.54. The van der Waals surface area contributed by atoms with Gasteiger partial charge in [0.15, 0.2) is 0 Å². The van der Waals surface area contributed by atoms with E-state index in [9.17, 15) is 5.11 Å². The Labute approximate surface area is 193 Å². The first-order valence-corrected chi connectivity index (χ1v) is 14.0. The van der Waals surface area contributed by atoms with Crippen LogP contribution < -0.4 is 0 Å². The van der Waals surface area contributed by atoms with Crippen molar-refractivity contribution in [3.63, 3.8) is 0 Å². The van der Waals surface area contributed by atoms with Crippen molar-refractivity contribution in [2.24, 2.45) is 58.2 Å². The quantitative estimate of drug-likeness (QED) is 0.437. The molecule has 4 rings (SSSR count). The molecule has 0 aromatic heterocycles. The Morgan fingerprint density at radius 2 is 1.48 bits per heavy atom. The van der Waals surface area contributed by atoms with E-state index in [1.54, 1.807) is 5.57 Å². The standard InChI is InChI=1S/C30H52O/c1-19(2)24(20(3)4)10-8-21(5)26-12-13-27-25-11-9-22-18-23(31)14-16-29(22,6)28(25)15-17-30(26,27)7/h10,19-23,25-28,31H,8-9,11-18H2,1-7H3/t21-,22+,23+,25+,26-,27+,28+,29+,30-/m1/s1. The molecular weight excluding hydrogens is 376 g/mol. The molecule has 0 aromatic carbocycles. The van der Waals surface area contributed by atoms with E-state index in [2.05, 4.69) is 54.5 Å². The molecule has 178 valence electrons. The van der Waals surface area contributed by atoms with Crippen LogP contribution in [0.15, 0.2) is 11.6 Å². The lowest BCUT2D eigenvalue weighted by Gasteiger charge is -2.61. The number of fused-ring (bicyclic) bond motifs is 5. The zero-order valence-electron chi connectivity index (χ0n) is 21.8. The molecule has 1 heteroatoms. The van der Waals surface area contributed by atoms with Gasteiger partial charge in [0.2, 0.25) is 0 Å². The highest BCUT2D eigenvalue weighted by molar-refractivity contribution is 5.12. The molecule has 0 amide bonds. The summed E-state index contributed by atoms with van der Waals surface area (Å²) in [5.74, 6) is 6.73. The average Bonchev–Trinajstić information content (AvgIpc) is 3.05. The molecule has 0 bridgehead atoms. The molecule has 0 unspecified atom stereocenters. The summed E-state index contributed by atoms with van der Waals surface area (Å²) in [6.45, 7) is 17.4. The fourth-order valence-corrected chi connectivity index (χ4v) is 9.84. The zero-order chi connectivity index (χ0) is 22.6. The fraction of sp³-hybridized carbons (Fsp3) is 0.933. The highest BCUT2D eigenvalue weighted by Crippen LogP contribution is 2.68. The smallest absolute Gasteiger partial charge is 0.0543 e. The van der Waals surface area contributed by atoms with Crippen LogP contribution in [0.3, 0.4) is 0 Å². The number of rotatable bonds is 5. The second kappa shape index (κ2) is 8.81. The summed E-state index contributed by atoms with van der Waals surface area (Å²) in [6.07, 6.45) is 16.0. The molecule has 4 fully saturated rings. The topological polar surface area (TPSA) is 20.2 Å². The maximum atomic E-state index is 10.3. The fourth-order valence-electron chi connectivity index (χ4n) is 9.84. The van der Waals surface area contributed by atoms with Crippen LogP contribution >= 0.6 is 0 Å².